The molecule has 0 saturated heterocycles. The molecule has 0 spiro atoms. The van der Waals surface area contributed by atoms with E-state index in [0.717, 1.165) is 13.0 Å². The molecular weight excluding hydrogens is 298 g/mol. The van der Waals surface area contributed by atoms with Gasteiger partial charge in [0.1, 0.15) is 0 Å². The van der Waals surface area contributed by atoms with Gasteiger partial charge in [-0.25, -0.2) is 0 Å². The molecule has 1 N–H and O–H groups in total. The normalized spacial score (nSPS) is 12.4. The first-order valence-corrected chi connectivity index (χ1v) is 7.56. The van der Waals surface area contributed by atoms with E-state index in [9.17, 15) is 0 Å². The van der Waals surface area contributed by atoms with Crippen LogP contribution in [0.1, 0.15) is 36.6 Å². The van der Waals surface area contributed by atoms with E-state index in [1.165, 1.54) is 21.2 Å². The Hall–Kier alpha value is -1.12. The van der Waals surface area contributed by atoms with Gasteiger partial charge in [0.05, 0.1) is 0 Å². The molecule has 0 aliphatic heterocycles. The summed E-state index contributed by atoms with van der Waals surface area (Å²) in [6.07, 6.45) is 1.08. The zero-order valence-electron chi connectivity index (χ0n) is 11.5. The van der Waals surface area contributed by atoms with Crippen LogP contribution in [-0.2, 0) is 13.0 Å². The van der Waals surface area contributed by atoms with Crippen LogP contribution in [0, 0.1) is 0 Å². The minimum absolute atomic E-state index is 0.334. The predicted octanol–water partition coefficient (Wildman–Crippen LogP) is 4.86. The van der Waals surface area contributed by atoms with Crippen molar-refractivity contribution in [3.05, 3.63) is 69.7 Å². The third-order valence-electron chi connectivity index (χ3n) is 3.47. The maximum atomic E-state index is 3.61. The molecule has 2 aromatic carbocycles. The number of halogens is 1. The van der Waals surface area contributed by atoms with Crippen LogP contribution in [-0.4, -0.2) is 0 Å². The van der Waals surface area contributed by atoms with Crippen molar-refractivity contribution < 1.29 is 0 Å². The van der Waals surface area contributed by atoms with Gasteiger partial charge in [-0.3, -0.25) is 0 Å². The molecule has 0 saturated carbocycles. The number of benzene rings is 2. The first kappa shape index (κ1) is 14.3. The Morgan fingerprint density at radius 3 is 2.32 bits per heavy atom. The Morgan fingerprint density at radius 2 is 1.63 bits per heavy atom. The minimum atomic E-state index is 0.334. The van der Waals surface area contributed by atoms with Crippen molar-refractivity contribution in [2.45, 2.75) is 32.9 Å². The van der Waals surface area contributed by atoms with E-state index in [4.69, 9.17) is 0 Å². The summed E-state index contributed by atoms with van der Waals surface area (Å²) < 4.78 is 1.17. The lowest BCUT2D eigenvalue weighted by molar-refractivity contribution is 0.571. The van der Waals surface area contributed by atoms with E-state index in [0.29, 0.717) is 6.04 Å². The Bertz CT molecular complexity index is 536. The number of rotatable bonds is 5. The molecule has 0 bridgehead atoms. The van der Waals surface area contributed by atoms with Gasteiger partial charge in [0, 0.05) is 17.1 Å². The molecular formula is C17H20BrN. The van der Waals surface area contributed by atoms with Crippen LogP contribution in [0.2, 0.25) is 0 Å². The first-order chi connectivity index (χ1) is 9.22. The van der Waals surface area contributed by atoms with E-state index < -0.39 is 0 Å². The van der Waals surface area contributed by atoms with E-state index in [2.05, 4.69) is 77.6 Å². The van der Waals surface area contributed by atoms with E-state index in [1.807, 2.05) is 6.07 Å². The maximum Gasteiger partial charge on any atom is 0.0306 e. The highest BCUT2D eigenvalue weighted by atomic mass is 79.9. The second-order valence-corrected chi connectivity index (χ2v) is 5.60. The summed E-state index contributed by atoms with van der Waals surface area (Å²) in [4.78, 5) is 0. The Morgan fingerprint density at radius 1 is 1.00 bits per heavy atom. The highest BCUT2D eigenvalue weighted by molar-refractivity contribution is 9.10. The van der Waals surface area contributed by atoms with Crippen LogP contribution in [0.4, 0.5) is 0 Å². The molecule has 0 aliphatic carbocycles. The summed E-state index contributed by atoms with van der Waals surface area (Å²) >= 11 is 3.61. The first-order valence-electron chi connectivity index (χ1n) is 6.77. The zero-order chi connectivity index (χ0) is 13.7. The van der Waals surface area contributed by atoms with Crippen molar-refractivity contribution in [2.75, 3.05) is 0 Å². The van der Waals surface area contributed by atoms with Gasteiger partial charge >= 0.3 is 0 Å². The molecule has 0 radical (unpaired) electrons. The molecule has 0 aliphatic rings. The second kappa shape index (κ2) is 6.88. The minimum Gasteiger partial charge on any atom is -0.306 e. The van der Waals surface area contributed by atoms with Crippen LogP contribution in [0.25, 0.3) is 0 Å². The molecule has 100 valence electrons. The topological polar surface area (TPSA) is 12.0 Å². The van der Waals surface area contributed by atoms with Crippen molar-refractivity contribution >= 4 is 15.9 Å². The zero-order valence-corrected chi connectivity index (χ0v) is 13.1. The lowest BCUT2D eigenvalue weighted by Gasteiger charge is -2.17. The van der Waals surface area contributed by atoms with Gasteiger partial charge in [-0.15, -0.1) is 0 Å². The average molecular weight is 318 g/mol. The van der Waals surface area contributed by atoms with Crippen LogP contribution in [0.3, 0.4) is 0 Å². The van der Waals surface area contributed by atoms with Gasteiger partial charge in [-0.05, 0) is 36.1 Å². The molecule has 1 atom stereocenters. The standard InChI is InChI=1S/C17H20BrN/c1-3-14-8-4-5-9-15(14)12-19-13(2)16-10-6-7-11-17(16)18/h4-11,13,19H,3,12H2,1-2H3. The third-order valence-corrected chi connectivity index (χ3v) is 4.19. The fraction of sp³-hybridized carbons (Fsp3) is 0.294. The monoisotopic (exact) mass is 317 g/mol. The Balaban J connectivity index is 2.04. The number of hydrogen-bond acceptors (Lipinski definition) is 1. The average Bonchev–Trinajstić information content (AvgIpc) is 2.45. The summed E-state index contributed by atoms with van der Waals surface area (Å²) in [6, 6.07) is 17.4. The SMILES string of the molecule is CCc1ccccc1CNC(C)c1ccccc1Br. The summed E-state index contributed by atoms with van der Waals surface area (Å²) in [6.45, 7) is 5.32. The molecule has 1 unspecified atom stereocenters. The lowest BCUT2D eigenvalue weighted by Crippen LogP contribution is -2.19. The largest absolute Gasteiger partial charge is 0.306 e. The van der Waals surface area contributed by atoms with Crippen molar-refractivity contribution in [3.63, 3.8) is 0 Å². The van der Waals surface area contributed by atoms with Crippen molar-refractivity contribution in [2.24, 2.45) is 0 Å². The smallest absolute Gasteiger partial charge is 0.0306 e. The van der Waals surface area contributed by atoms with Crippen molar-refractivity contribution in [1.29, 1.82) is 0 Å². The molecule has 2 heteroatoms. The fourth-order valence-corrected chi connectivity index (χ4v) is 2.90. The highest BCUT2D eigenvalue weighted by Gasteiger charge is 2.08. The fourth-order valence-electron chi connectivity index (χ4n) is 2.27. The van der Waals surface area contributed by atoms with Crippen molar-refractivity contribution in [1.82, 2.24) is 5.32 Å². The predicted molar refractivity (Wildman–Crippen MR) is 85.2 cm³/mol. The number of aryl methyl sites for hydroxylation is 1. The van der Waals surface area contributed by atoms with Crippen LogP contribution < -0.4 is 5.32 Å². The molecule has 2 rings (SSSR count). The van der Waals surface area contributed by atoms with Gasteiger partial charge in [-0.2, -0.15) is 0 Å². The van der Waals surface area contributed by atoms with E-state index >= 15 is 0 Å². The number of hydrogen-bond donors (Lipinski definition) is 1. The summed E-state index contributed by atoms with van der Waals surface area (Å²) in [5.74, 6) is 0. The van der Waals surface area contributed by atoms with Gasteiger partial charge < -0.3 is 5.32 Å². The molecule has 1 nitrogen and oxygen atoms in total. The lowest BCUT2D eigenvalue weighted by atomic mass is 10.0. The molecule has 0 amide bonds. The van der Waals surface area contributed by atoms with E-state index in [-0.39, 0.29) is 0 Å². The third kappa shape index (κ3) is 3.68. The Labute approximate surface area is 124 Å². The van der Waals surface area contributed by atoms with Gasteiger partial charge in [0.2, 0.25) is 0 Å². The van der Waals surface area contributed by atoms with Crippen LogP contribution in [0.5, 0.6) is 0 Å². The molecule has 2 aromatic rings. The second-order valence-electron chi connectivity index (χ2n) is 4.75. The number of nitrogens with one attached hydrogen (secondary N) is 1. The van der Waals surface area contributed by atoms with E-state index in [1.54, 1.807) is 0 Å². The molecule has 0 heterocycles. The van der Waals surface area contributed by atoms with Gasteiger partial charge in [0.25, 0.3) is 0 Å². The highest BCUT2D eigenvalue weighted by Crippen LogP contribution is 2.23. The summed E-state index contributed by atoms with van der Waals surface area (Å²) in [5.41, 5.74) is 4.12. The molecule has 0 aromatic heterocycles. The summed E-state index contributed by atoms with van der Waals surface area (Å²) in [5, 5.41) is 3.60. The van der Waals surface area contributed by atoms with Crippen LogP contribution >= 0.6 is 15.9 Å². The molecule has 0 fully saturated rings. The quantitative estimate of drug-likeness (QED) is 0.830. The van der Waals surface area contributed by atoms with Crippen LogP contribution in [0.15, 0.2) is 53.0 Å². The maximum absolute atomic E-state index is 3.61. The molecule has 19 heavy (non-hydrogen) atoms. The van der Waals surface area contributed by atoms with Gasteiger partial charge in [-0.1, -0.05) is 65.3 Å². The Kier molecular flexibility index (Phi) is 5.17. The van der Waals surface area contributed by atoms with Gasteiger partial charge in [0.15, 0.2) is 0 Å². The summed E-state index contributed by atoms with van der Waals surface area (Å²) in [7, 11) is 0. The van der Waals surface area contributed by atoms with Crippen molar-refractivity contribution in [3.8, 4) is 0 Å².